The number of benzene rings is 1. The number of allylic oxidation sites excluding steroid dienone is 3. The number of ether oxygens (including phenoxy) is 1. The Balaban J connectivity index is 2.45. The van der Waals surface area contributed by atoms with Crippen LogP contribution in [0, 0.1) is 0 Å². The standard InChI is InChI=1S/C17H24O/c1-3-5-7-8-9-11-16-12-10-13-17(15-16)18-14-6-4-2/h5,7,9-13,15H,3-4,6,8,14H2,1-2H3/b7-5-,11-9+. The minimum atomic E-state index is 0.808. The predicted molar refractivity (Wildman–Crippen MR) is 79.9 cm³/mol. The normalized spacial score (nSPS) is 11.4. The van der Waals surface area contributed by atoms with Crippen LogP contribution in [0.15, 0.2) is 42.5 Å². The SMILES string of the molecule is CC/C=C\C/C=C/c1cccc(OCCCC)c1. The minimum absolute atomic E-state index is 0.808. The second kappa shape index (κ2) is 9.52. The highest BCUT2D eigenvalue weighted by Gasteiger charge is 1.93. The third kappa shape index (κ3) is 6.29. The molecule has 98 valence electrons. The molecule has 0 saturated carbocycles. The van der Waals surface area contributed by atoms with Crippen molar-refractivity contribution in [1.29, 1.82) is 0 Å². The maximum atomic E-state index is 5.68. The van der Waals surface area contributed by atoms with Crippen molar-refractivity contribution in [1.82, 2.24) is 0 Å². The topological polar surface area (TPSA) is 9.23 Å². The molecule has 18 heavy (non-hydrogen) atoms. The number of unbranched alkanes of at least 4 members (excludes halogenated alkanes) is 1. The lowest BCUT2D eigenvalue weighted by Crippen LogP contribution is -1.96. The van der Waals surface area contributed by atoms with Crippen LogP contribution >= 0.6 is 0 Å². The summed E-state index contributed by atoms with van der Waals surface area (Å²) >= 11 is 0. The van der Waals surface area contributed by atoms with Crippen molar-refractivity contribution in [3.05, 3.63) is 48.1 Å². The third-order valence-corrected chi connectivity index (χ3v) is 2.61. The molecular formula is C17H24O. The van der Waals surface area contributed by atoms with E-state index in [2.05, 4.69) is 50.3 Å². The zero-order chi connectivity index (χ0) is 13.1. The molecule has 1 aromatic rings. The van der Waals surface area contributed by atoms with Crippen molar-refractivity contribution in [2.75, 3.05) is 6.61 Å². The number of rotatable bonds is 8. The molecule has 0 aromatic heterocycles. The van der Waals surface area contributed by atoms with Gasteiger partial charge in [-0.1, -0.05) is 56.7 Å². The maximum Gasteiger partial charge on any atom is 0.119 e. The Labute approximate surface area is 111 Å². The first-order chi connectivity index (χ1) is 8.86. The van der Waals surface area contributed by atoms with Gasteiger partial charge in [-0.15, -0.1) is 0 Å². The van der Waals surface area contributed by atoms with Gasteiger partial charge in [0.25, 0.3) is 0 Å². The summed E-state index contributed by atoms with van der Waals surface area (Å²) in [5.41, 5.74) is 1.20. The van der Waals surface area contributed by atoms with Gasteiger partial charge in [0.15, 0.2) is 0 Å². The summed E-state index contributed by atoms with van der Waals surface area (Å²) in [6.07, 6.45) is 13.1. The first-order valence-corrected chi connectivity index (χ1v) is 6.91. The first kappa shape index (κ1) is 14.6. The van der Waals surface area contributed by atoms with Gasteiger partial charge < -0.3 is 4.74 Å². The molecule has 0 bridgehead atoms. The smallest absolute Gasteiger partial charge is 0.119 e. The van der Waals surface area contributed by atoms with E-state index in [1.807, 2.05) is 12.1 Å². The Hall–Kier alpha value is -1.50. The van der Waals surface area contributed by atoms with Crippen LogP contribution in [-0.4, -0.2) is 6.61 Å². The molecule has 0 heterocycles. The molecule has 0 aliphatic heterocycles. The van der Waals surface area contributed by atoms with Gasteiger partial charge in [-0.05, 0) is 37.0 Å². The minimum Gasteiger partial charge on any atom is -0.494 e. The summed E-state index contributed by atoms with van der Waals surface area (Å²) in [7, 11) is 0. The van der Waals surface area contributed by atoms with Gasteiger partial charge in [0.1, 0.15) is 5.75 Å². The molecule has 0 atom stereocenters. The molecule has 0 unspecified atom stereocenters. The average molecular weight is 244 g/mol. The van der Waals surface area contributed by atoms with Crippen LogP contribution in [0.1, 0.15) is 45.1 Å². The Morgan fingerprint density at radius 2 is 2.00 bits per heavy atom. The Kier molecular flexibility index (Phi) is 7.70. The molecule has 0 N–H and O–H groups in total. The molecule has 0 fully saturated rings. The van der Waals surface area contributed by atoms with E-state index in [4.69, 9.17) is 4.74 Å². The largest absolute Gasteiger partial charge is 0.494 e. The summed E-state index contributed by atoms with van der Waals surface area (Å²) in [4.78, 5) is 0. The molecule has 1 nitrogen and oxygen atoms in total. The molecule has 1 rings (SSSR count). The van der Waals surface area contributed by atoms with Gasteiger partial charge >= 0.3 is 0 Å². The Morgan fingerprint density at radius 1 is 1.11 bits per heavy atom. The third-order valence-electron chi connectivity index (χ3n) is 2.61. The van der Waals surface area contributed by atoms with E-state index in [1.165, 1.54) is 12.0 Å². The first-order valence-electron chi connectivity index (χ1n) is 6.91. The number of hydrogen-bond donors (Lipinski definition) is 0. The van der Waals surface area contributed by atoms with Crippen LogP contribution in [0.4, 0.5) is 0 Å². The fraction of sp³-hybridized carbons (Fsp3) is 0.412. The molecule has 1 heteroatoms. The van der Waals surface area contributed by atoms with E-state index in [0.717, 1.165) is 31.6 Å². The highest BCUT2D eigenvalue weighted by molar-refractivity contribution is 5.51. The zero-order valence-corrected chi connectivity index (χ0v) is 11.6. The molecular weight excluding hydrogens is 220 g/mol. The van der Waals surface area contributed by atoms with Gasteiger partial charge in [0.05, 0.1) is 6.61 Å². The Morgan fingerprint density at radius 3 is 2.78 bits per heavy atom. The fourth-order valence-electron chi connectivity index (χ4n) is 1.59. The summed E-state index contributed by atoms with van der Waals surface area (Å²) in [6, 6.07) is 8.26. The van der Waals surface area contributed by atoms with Crippen LogP contribution in [0.25, 0.3) is 6.08 Å². The zero-order valence-electron chi connectivity index (χ0n) is 11.6. The quantitative estimate of drug-likeness (QED) is 0.449. The van der Waals surface area contributed by atoms with Crippen LogP contribution in [0.3, 0.4) is 0 Å². The predicted octanol–water partition coefficient (Wildman–Crippen LogP) is 5.24. The summed E-state index contributed by atoms with van der Waals surface area (Å²) in [5, 5.41) is 0. The molecule has 0 saturated heterocycles. The van der Waals surface area contributed by atoms with Gasteiger partial charge in [-0.3, -0.25) is 0 Å². The average Bonchev–Trinajstić information content (AvgIpc) is 2.39. The monoisotopic (exact) mass is 244 g/mol. The van der Waals surface area contributed by atoms with Crippen LogP contribution in [0.2, 0.25) is 0 Å². The second-order valence-corrected chi connectivity index (χ2v) is 4.29. The van der Waals surface area contributed by atoms with Crippen LogP contribution in [0.5, 0.6) is 5.75 Å². The van der Waals surface area contributed by atoms with E-state index in [-0.39, 0.29) is 0 Å². The lowest BCUT2D eigenvalue weighted by atomic mass is 10.2. The van der Waals surface area contributed by atoms with Gasteiger partial charge in [-0.25, -0.2) is 0 Å². The van der Waals surface area contributed by atoms with Crippen LogP contribution < -0.4 is 4.74 Å². The van der Waals surface area contributed by atoms with E-state index < -0.39 is 0 Å². The van der Waals surface area contributed by atoms with Gasteiger partial charge in [-0.2, -0.15) is 0 Å². The second-order valence-electron chi connectivity index (χ2n) is 4.29. The fourth-order valence-corrected chi connectivity index (χ4v) is 1.59. The van der Waals surface area contributed by atoms with Gasteiger partial charge in [0, 0.05) is 0 Å². The molecule has 0 aliphatic rings. The van der Waals surface area contributed by atoms with E-state index >= 15 is 0 Å². The summed E-state index contributed by atoms with van der Waals surface area (Å²) in [6.45, 7) is 5.13. The highest BCUT2D eigenvalue weighted by atomic mass is 16.5. The molecule has 0 amide bonds. The van der Waals surface area contributed by atoms with Crippen LogP contribution in [-0.2, 0) is 0 Å². The number of hydrogen-bond acceptors (Lipinski definition) is 1. The maximum absolute atomic E-state index is 5.68. The van der Waals surface area contributed by atoms with Crippen molar-refractivity contribution in [3.63, 3.8) is 0 Å². The van der Waals surface area contributed by atoms with E-state index in [0.29, 0.717) is 0 Å². The summed E-state index contributed by atoms with van der Waals surface area (Å²) in [5.74, 6) is 0.967. The molecule has 0 spiro atoms. The molecule has 0 radical (unpaired) electrons. The van der Waals surface area contributed by atoms with Crippen molar-refractivity contribution in [2.24, 2.45) is 0 Å². The van der Waals surface area contributed by atoms with Gasteiger partial charge in [0.2, 0.25) is 0 Å². The van der Waals surface area contributed by atoms with Crippen molar-refractivity contribution < 1.29 is 4.74 Å². The van der Waals surface area contributed by atoms with E-state index in [1.54, 1.807) is 0 Å². The van der Waals surface area contributed by atoms with Crippen molar-refractivity contribution in [3.8, 4) is 5.75 Å². The van der Waals surface area contributed by atoms with E-state index in [9.17, 15) is 0 Å². The van der Waals surface area contributed by atoms with Crippen molar-refractivity contribution in [2.45, 2.75) is 39.5 Å². The lowest BCUT2D eigenvalue weighted by Gasteiger charge is -2.05. The summed E-state index contributed by atoms with van der Waals surface area (Å²) < 4.78 is 5.68. The Bertz CT molecular complexity index is 377. The van der Waals surface area contributed by atoms with Crippen molar-refractivity contribution >= 4 is 6.08 Å². The molecule has 1 aromatic carbocycles. The highest BCUT2D eigenvalue weighted by Crippen LogP contribution is 2.15. The molecule has 0 aliphatic carbocycles. The lowest BCUT2D eigenvalue weighted by molar-refractivity contribution is 0.309.